The monoisotopic (exact) mass is 527 g/mol. The van der Waals surface area contributed by atoms with Crippen molar-refractivity contribution in [2.24, 2.45) is 11.1 Å². The first-order valence-electron chi connectivity index (χ1n) is 11.4. The van der Waals surface area contributed by atoms with E-state index < -0.39 is 9.84 Å². The summed E-state index contributed by atoms with van der Waals surface area (Å²) in [6.07, 6.45) is 4.83. The van der Waals surface area contributed by atoms with E-state index in [1.165, 1.54) is 11.8 Å². The Labute approximate surface area is 215 Å². The molecule has 0 saturated carbocycles. The number of likely N-dealkylation sites (tertiary alicyclic amines) is 2. The molecule has 0 aromatic heterocycles. The lowest BCUT2D eigenvalue weighted by molar-refractivity contribution is -0.138. The molecule has 2 N–H and O–H groups in total. The zero-order valence-electron chi connectivity index (χ0n) is 19.6. The molecule has 188 valence electrons. The van der Waals surface area contributed by atoms with Crippen LogP contribution >= 0.6 is 24.8 Å². The van der Waals surface area contributed by atoms with Crippen LogP contribution in [0.3, 0.4) is 0 Å². The first kappa shape index (κ1) is 28.6. The second-order valence-corrected chi connectivity index (χ2v) is 11.3. The largest absolute Gasteiger partial charge is 0.338 e. The van der Waals surface area contributed by atoms with E-state index in [1.54, 1.807) is 12.1 Å². The standard InChI is InChI=1S/C25H33N3O3S.2ClH/c1-32(30,31)22-9-7-20(8-10-22)19-28-18-14-25(24(28)29)12-16-27(17-13-25)15-11-23(26)21-5-3-2-4-6-21;;/h2-10,23H,11-19,26H2,1H3;2*1H. The Hall–Kier alpha value is -1.64. The van der Waals surface area contributed by atoms with Crippen molar-refractivity contribution in [3.63, 3.8) is 0 Å². The molecule has 34 heavy (non-hydrogen) atoms. The van der Waals surface area contributed by atoms with Crippen molar-refractivity contribution < 1.29 is 13.2 Å². The van der Waals surface area contributed by atoms with Crippen molar-refractivity contribution in [3.05, 3.63) is 65.7 Å². The van der Waals surface area contributed by atoms with Crippen molar-refractivity contribution >= 4 is 40.6 Å². The van der Waals surface area contributed by atoms with Crippen LogP contribution in [-0.2, 0) is 21.2 Å². The molecule has 1 spiro atoms. The van der Waals surface area contributed by atoms with Gasteiger partial charge in [0.2, 0.25) is 5.91 Å². The van der Waals surface area contributed by atoms with E-state index in [0.717, 1.165) is 57.4 Å². The minimum absolute atomic E-state index is 0. The minimum Gasteiger partial charge on any atom is -0.338 e. The highest BCUT2D eigenvalue weighted by atomic mass is 35.5. The van der Waals surface area contributed by atoms with Gasteiger partial charge in [-0.1, -0.05) is 42.5 Å². The average molecular weight is 529 g/mol. The number of carbonyl (C=O) groups is 1. The third-order valence-corrected chi connectivity index (χ3v) is 8.25. The van der Waals surface area contributed by atoms with E-state index >= 15 is 0 Å². The lowest BCUT2D eigenvalue weighted by atomic mass is 9.77. The summed E-state index contributed by atoms with van der Waals surface area (Å²) in [6.45, 7) is 4.14. The fourth-order valence-corrected chi connectivity index (χ4v) is 5.59. The molecule has 0 radical (unpaired) electrons. The normalized spacial score (nSPS) is 18.9. The van der Waals surface area contributed by atoms with E-state index in [1.807, 2.05) is 35.2 Å². The maximum Gasteiger partial charge on any atom is 0.229 e. The Morgan fingerprint density at radius 2 is 1.53 bits per heavy atom. The van der Waals surface area contributed by atoms with Crippen molar-refractivity contribution in [1.29, 1.82) is 0 Å². The van der Waals surface area contributed by atoms with Crippen molar-refractivity contribution in [2.45, 2.75) is 43.2 Å². The van der Waals surface area contributed by atoms with Gasteiger partial charge in [0.1, 0.15) is 0 Å². The molecule has 6 nitrogen and oxygen atoms in total. The minimum atomic E-state index is -3.20. The van der Waals surface area contributed by atoms with Gasteiger partial charge in [0.15, 0.2) is 9.84 Å². The highest BCUT2D eigenvalue weighted by molar-refractivity contribution is 7.90. The van der Waals surface area contributed by atoms with Gasteiger partial charge in [-0.2, -0.15) is 0 Å². The summed E-state index contributed by atoms with van der Waals surface area (Å²) in [5, 5.41) is 0. The maximum absolute atomic E-state index is 13.3. The Balaban J connectivity index is 0.00000204. The SMILES string of the molecule is CS(=O)(=O)c1ccc(CN2CCC3(CCN(CCC(N)c4ccccc4)CC3)C2=O)cc1.Cl.Cl. The van der Waals surface area contributed by atoms with Crippen LogP contribution in [0.2, 0.25) is 0 Å². The van der Waals surface area contributed by atoms with Crippen LogP contribution in [0.5, 0.6) is 0 Å². The van der Waals surface area contributed by atoms with Gasteiger partial charge in [0, 0.05) is 25.4 Å². The predicted octanol–water partition coefficient (Wildman–Crippen LogP) is 3.84. The van der Waals surface area contributed by atoms with E-state index in [2.05, 4.69) is 17.0 Å². The lowest BCUT2D eigenvalue weighted by Gasteiger charge is -2.38. The number of hydrogen-bond donors (Lipinski definition) is 1. The summed E-state index contributed by atoms with van der Waals surface area (Å²) in [5.41, 5.74) is 8.26. The summed E-state index contributed by atoms with van der Waals surface area (Å²) in [7, 11) is -3.20. The quantitative estimate of drug-likeness (QED) is 0.591. The molecule has 0 aliphatic carbocycles. The number of carbonyl (C=O) groups excluding carboxylic acids is 1. The topological polar surface area (TPSA) is 83.7 Å². The van der Waals surface area contributed by atoms with Crippen LogP contribution in [0.1, 0.15) is 42.9 Å². The molecule has 1 amide bonds. The van der Waals surface area contributed by atoms with Crippen LogP contribution < -0.4 is 5.73 Å². The van der Waals surface area contributed by atoms with Gasteiger partial charge in [-0.25, -0.2) is 8.42 Å². The number of amides is 1. The maximum atomic E-state index is 13.3. The third kappa shape index (κ3) is 6.52. The molecule has 2 saturated heterocycles. The summed E-state index contributed by atoms with van der Waals surface area (Å²) in [5.74, 6) is 0.255. The summed E-state index contributed by atoms with van der Waals surface area (Å²) in [6, 6.07) is 17.1. The molecule has 2 aromatic carbocycles. The lowest BCUT2D eigenvalue weighted by Crippen LogP contribution is -2.45. The second kappa shape index (κ2) is 11.9. The Morgan fingerprint density at radius 3 is 2.12 bits per heavy atom. The molecule has 2 aliphatic heterocycles. The van der Waals surface area contributed by atoms with E-state index in [4.69, 9.17) is 5.73 Å². The summed E-state index contributed by atoms with van der Waals surface area (Å²) >= 11 is 0. The Kier molecular flexibility index (Phi) is 9.98. The Morgan fingerprint density at radius 1 is 0.941 bits per heavy atom. The average Bonchev–Trinajstić information content (AvgIpc) is 3.08. The van der Waals surface area contributed by atoms with Crippen molar-refractivity contribution in [1.82, 2.24) is 9.80 Å². The molecule has 0 bridgehead atoms. The van der Waals surface area contributed by atoms with Gasteiger partial charge in [0.05, 0.1) is 10.3 Å². The number of sulfone groups is 1. The number of benzene rings is 2. The number of hydrogen-bond acceptors (Lipinski definition) is 5. The van der Waals surface area contributed by atoms with Crippen LogP contribution in [0.15, 0.2) is 59.5 Å². The van der Waals surface area contributed by atoms with E-state index in [-0.39, 0.29) is 42.2 Å². The highest BCUT2D eigenvalue weighted by Gasteiger charge is 2.47. The highest BCUT2D eigenvalue weighted by Crippen LogP contribution is 2.42. The van der Waals surface area contributed by atoms with Crippen LogP contribution in [0.25, 0.3) is 0 Å². The zero-order chi connectivity index (χ0) is 22.8. The fourth-order valence-electron chi connectivity index (χ4n) is 4.96. The number of nitrogens with zero attached hydrogens (tertiary/aromatic N) is 2. The molecular formula is C25H35Cl2N3O3S. The van der Waals surface area contributed by atoms with Gasteiger partial charge in [-0.05, 0) is 68.6 Å². The van der Waals surface area contributed by atoms with Crippen LogP contribution in [0, 0.1) is 5.41 Å². The molecule has 2 aliphatic rings. The van der Waals surface area contributed by atoms with Gasteiger partial charge in [0.25, 0.3) is 0 Å². The first-order chi connectivity index (χ1) is 15.3. The number of rotatable bonds is 7. The first-order valence-corrected chi connectivity index (χ1v) is 13.3. The zero-order valence-corrected chi connectivity index (χ0v) is 22.0. The molecule has 2 fully saturated rings. The fraction of sp³-hybridized carbons (Fsp3) is 0.480. The number of nitrogens with two attached hydrogens (primary N) is 1. The molecule has 9 heteroatoms. The summed E-state index contributed by atoms with van der Waals surface area (Å²) in [4.78, 5) is 18.0. The van der Waals surface area contributed by atoms with Crippen molar-refractivity contribution in [2.75, 3.05) is 32.4 Å². The van der Waals surface area contributed by atoms with E-state index in [9.17, 15) is 13.2 Å². The third-order valence-electron chi connectivity index (χ3n) is 7.12. The van der Waals surface area contributed by atoms with Gasteiger partial charge >= 0.3 is 0 Å². The molecule has 4 rings (SSSR count). The molecule has 2 heterocycles. The Bertz CT molecular complexity index is 1040. The molecule has 2 aromatic rings. The predicted molar refractivity (Wildman–Crippen MR) is 140 cm³/mol. The molecule has 1 unspecified atom stereocenters. The number of halogens is 2. The second-order valence-electron chi connectivity index (χ2n) is 9.32. The van der Waals surface area contributed by atoms with Crippen LogP contribution in [0.4, 0.5) is 0 Å². The van der Waals surface area contributed by atoms with Crippen LogP contribution in [-0.4, -0.2) is 56.6 Å². The summed E-state index contributed by atoms with van der Waals surface area (Å²) < 4.78 is 23.3. The smallest absolute Gasteiger partial charge is 0.229 e. The van der Waals surface area contributed by atoms with Gasteiger partial charge in [-0.15, -0.1) is 24.8 Å². The number of piperidine rings is 1. The van der Waals surface area contributed by atoms with Crippen molar-refractivity contribution in [3.8, 4) is 0 Å². The van der Waals surface area contributed by atoms with Gasteiger partial charge in [-0.3, -0.25) is 4.79 Å². The molecule has 1 atom stereocenters. The van der Waals surface area contributed by atoms with Gasteiger partial charge < -0.3 is 15.5 Å². The van der Waals surface area contributed by atoms with E-state index in [0.29, 0.717) is 11.4 Å². The molecular weight excluding hydrogens is 493 g/mol.